The molecule has 3 aromatic rings. The molecule has 1 aromatic heterocycles. The van der Waals surface area contributed by atoms with Crippen LogP contribution in [0.3, 0.4) is 0 Å². The molecule has 1 amide bonds. The Labute approximate surface area is 148 Å². The van der Waals surface area contributed by atoms with Crippen LogP contribution in [0.25, 0.3) is 0 Å². The summed E-state index contributed by atoms with van der Waals surface area (Å²) in [6.07, 6.45) is 0. The number of rotatable bonds is 4. The van der Waals surface area contributed by atoms with Crippen LogP contribution in [0.15, 0.2) is 66.7 Å². The van der Waals surface area contributed by atoms with Gasteiger partial charge in [-0.05, 0) is 17.7 Å². The highest BCUT2D eigenvalue weighted by molar-refractivity contribution is 6.03. The molecule has 1 heterocycles. The van der Waals surface area contributed by atoms with Gasteiger partial charge in [-0.2, -0.15) is 5.10 Å². The summed E-state index contributed by atoms with van der Waals surface area (Å²) in [6, 6.07) is 21.3. The maximum Gasteiger partial charge on any atom is 0.256 e. The summed E-state index contributed by atoms with van der Waals surface area (Å²) in [6.45, 7) is 6.96. The predicted octanol–water partition coefficient (Wildman–Crippen LogP) is 4.48. The third-order valence-corrected chi connectivity index (χ3v) is 4.00. The lowest BCUT2D eigenvalue weighted by Gasteiger charge is -2.14. The largest absolute Gasteiger partial charge is 0.307 e. The van der Waals surface area contributed by atoms with Gasteiger partial charge in [0.1, 0.15) is 5.82 Å². The molecule has 0 unspecified atom stereocenters. The van der Waals surface area contributed by atoms with Gasteiger partial charge in [-0.3, -0.25) is 4.79 Å². The number of aromatic nitrogens is 2. The highest BCUT2D eigenvalue weighted by Crippen LogP contribution is 2.25. The monoisotopic (exact) mass is 333 g/mol. The van der Waals surface area contributed by atoms with Gasteiger partial charge in [0.2, 0.25) is 0 Å². The number of carbonyl (C=O) groups excluding carboxylic acids is 1. The molecule has 0 atom stereocenters. The Kier molecular flexibility index (Phi) is 4.70. The number of benzene rings is 2. The smallest absolute Gasteiger partial charge is 0.256 e. The Bertz CT molecular complexity index is 846. The van der Waals surface area contributed by atoms with Crippen LogP contribution >= 0.6 is 0 Å². The molecule has 128 valence electrons. The number of hydrogen-bond acceptors (Lipinski definition) is 2. The number of hydrogen-bond donors (Lipinski definition) is 1. The van der Waals surface area contributed by atoms with Gasteiger partial charge in [-0.15, -0.1) is 0 Å². The Morgan fingerprint density at radius 2 is 1.60 bits per heavy atom. The zero-order valence-electron chi connectivity index (χ0n) is 14.9. The number of anilines is 1. The Morgan fingerprint density at radius 3 is 2.20 bits per heavy atom. The molecule has 3 rings (SSSR count). The molecule has 2 aromatic carbocycles. The quantitative estimate of drug-likeness (QED) is 0.765. The standard InChI is InChI=1S/C21H23N3O/c1-21(2,3)18-14-19(22-20(25)17-12-8-5-9-13-17)24(23-18)15-16-10-6-4-7-11-16/h4-14H,15H2,1-3H3,(H,22,25). The molecule has 4 heteroatoms. The highest BCUT2D eigenvalue weighted by atomic mass is 16.1. The average Bonchev–Trinajstić information content (AvgIpc) is 2.99. The van der Waals surface area contributed by atoms with Crippen molar-refractivity contribution in [1.82, 2.24) is 9.78 Å². The van der Waals surface area contributed by atoms with Crippen molar-refractivity contribution in [2.45, 2.75) is 32.7 Å². The number of amides is 1. The molecule has 0 aliphatic carbocycles. The Morgan fingerprint density at radius 1 is 1.00 bits per heavy atom. The second-order valence-electron chi connectivity index (χ2n) is 7.13. The molecule has 4 nitrogen and oxygen atoms in total. The third kappa shape index (κ3) is 4.15. The fourth-order valence-corrected chi connectivity index (χ4v) is 2.54. The lowest BCUT2D eigenvalue weighted by atomic mass is 9.92. The van der Waals surface area contributed by atoms with Crippen LogP contribution < -0.4 is 5.32 Å². The maximum atomic E-state index is 12.5. The van der Waals surface area contributed by atoms with E-state index in [2.05, 4.69) is 38.2 Å². The van der Waals surface area contributed by atoms with Gasteiger partial charge in [0, 0.05) is 17.0 Å². The fraction of sp³-hybridized carbons (Fsp3) is 0.238. The fourth-order valence-electron chi connectivity index (χ4n) is 2.54. The van der Waals surface area contributed by atoms with Crippen molar-refractivity contribution in [2.24, 2.45) is 0 Å². The van der Waals surface area contributed by atoms with Crippen LogP contribution in [0.5, 0.6) is 0 Å². The van der Waals surface area contributed by atoms with Crippen LogP contribution in [0.4, 0.5) is 5.82 Å². The van der Waals surface area contributed by atoms with E-state index in [1.54, 1.807) is 12.1 Å². The molecule has 25 heavy (non-hydrogen) atoms. The second kappa shape index (κ2) is 6.93. The van der Waals surface area contributed by atoms with Gasteiger partial charge < -0.3 is 5.32 Å². The van der Waals surface area contributed by atoms with Gasteiger partial charge >= 0.3 is 0 Å². The van der Waals surface area contributed by atoms with E-state index in [1.165, 1.54) is 0 Å². The zero-order valence-corrected chi connectivity index (χ0v) is 14.9. The van der Waals surface area contributed by atoms with E-state index in [4.69, 9.17) is 5.10 Å². The minimum Gasteiger partial charge on any atom is -0.307 e. The Balaban J connectivity index is 1.91. The van der Waals surface area contributed by atoms with Crippen LogP contribution in [-0.4, -0.2) is 15.7 Å². The minimum absolute atomic E-state index is 0.0891. The second-order valence-corrected chi connectivity index (χ2v) is 7.13. The van der Waals surface area contributed by atoms with Crippen molar-refractivity contribution in [3.63, 3.8) is 0 Å². The zero-order chi connectivity index (χ0) is 17.9. The van der Waals surface area contributed by atoms with Crippen molar-refractivity contribution in [3.05, 3.63) is 83.6 Å². The van der Waals surface area contributed by atoms with Crippen LogP contribution in [-0.2, 0) is 12.0 Å². The van der Waals surface area contributed by atoms with E-state index in [0.29, 0.717) is 17.9 Å². The Hall–Kier alpha value is -2.88. The van der Waals surface area contributed by atoms with Gasteiger partial charge in [0.15, 0.2) is 0 Å². The average molecular weight is 333 g/mol. The molecule has 0 aliphatic heterocycles. The van der Waals surface area contributed by atoms with E-state index in [9.17, 15) is 4.79 Å². The topological polar surface area (TPSA) is 46.9 Å². The summed E-state index contributed by atoms with van der Waals surface area (Å²) in [5.74, 6) is 0.581. The van der Waals surface area contributed by atoms with Crippen molar-refractivity contribution in [1.29, 1.82) is 0 Å². The molecule has 0 saturated carbocycles. The molecule has 0 aliphatic rings. The number of nitrogens with zero attached hydrogens (tertiary/aromatic N) is 2. The first kappa shape index (κ1) is 17.0. The van der Waals surface area contributed by atoms with Crippen LogP contribution in [0.2, 0.25) is 0 Å². The molecule has 0 spiro atoms. The maximum absolute atomic E-state index is 12.5. The predicted molar refractivity (Wildman–Crippen MR) is 101 cm³/mol. The summed E-state index contributed by atoms with van der Waals surface area (Å²) in [5, 5.41) is 7.73. The van der Waals surface area contributed by atoms with Crippen molar-refractivity contribution < 1.29 is 4.79 Å². The number of carbonyl (C=O) groups is 1. The van der Waals surface area contributed by atoms with E-state index in [1.807, 2.05) is 47.1 Å². The number of nitrogens with one attached hydrogen (secondary N) is 1. The molecule has 0 fully saturated rings. The van der Waals surface area contributed by atoms with E-state index >= 15 is 0 Å². The molecular weight excluding hydrogens is 310 g/mol. The summed E-state index contributed by atoms with van der Waals surface area (Å²) in [7, 11) is 0. The molecule has 1 N–H and O–H groups in total. The first-order chi connectivity index (χ1) is 11.9. The summed E-state index contributed by atoms with van der Waals surface area (Å²) < 4.78 is 1.86. The van der Waals surface area contributed by atoms with Gasteiger partial charge in [-0.1, -0.05) is 69.3 Å². The molecular formula is C21H23N3O. The van der Waals surface area contributed by atoms with Crippen molar-refractivity contribution in [2.75, 3.05) is 5.32 Å². The van der Waals surface area contributed by atoms with Crippen molar-refractivity contribution >= 4 is 11.7 Å². The van der Waals surface area contributed by atoms with Gasteiger partial charge in [0.25, 0.3) is 5.91 Å². The normalized spacial score (nSPS) is 11.3. The van der Waals surface area contributed by atoms with E-state index < -0.39 is 0 Å². The van der Waals surface area contributed by atoms with E-state index in [-0.39, 0.29) is 11.3 Å². The summed E-state index contributed by atoms with van der Waals surface area (Å²) in [4.78, 5) is 12.5. The van der Waals surface area contributed by atoms with Gasteiger partial charge in [0.05, 0.1) is 12.2 Å². The molecule has 0 bridgehead atoms. The minimum atomic E-state index is -0.129. The van der Waals surface area contributed by atoms with E-state index in [0.717, 1.165) is 11.3 Å². The summed E-state index contributed by atoms with van der Waals surface area (Å²) in [5.41, 5.74) is 2.63. The lowest BCUT2D eigenvalue weighted by Crippen LogP contribution is -2.16. The van der Waals surface area contributed by atoms with Gasteiger partial charge in [-0.25, -0.2) is 4.68 Å². The first-order valence-corrected chi connectivity index (χ1v) is 8.42. The highest BCUT2D eigenvalue weighted by Gasteiger charge is 2.21. The summed E-state index contributed by atoms with van der Waals surface area (Å²) >= 11 is 0. The third-order valence-electron chi connectivity index (χ3n) is 4.00. The van der Waals surface area contributed by atoms with Crippen LogP contribution in [0, 0.1) is 0 Å². The molecule has 0 radical (unpaired) electrons. The first-order valence-electron chi connectivity index (χ1n) is 8.42. The lowest BCUT2D eigenvalue weighted by molar-refractivity contribution is 0.102. The van der Waals surface area contributed by atoms with Crippen LogP contribution in [0.1, 0.15) is 42.4 Å². The molecule has 0 saturated heterocycles. The van der Waals surface area contributed by atoms with Crippen molar-refractivity contribution in [3.8, 4) is 0 Å². The SMILES string of the molecule is CC(C)(C)c1cc(NC(=O)c2ccccc2)n(Cc2ccccc2)n1.